The highest BCUT2D eigenvalue weighted by Gasteiger charge is 2.19. The number of carbonyl (C=O) groups is 1. The van der Waals surface area contributed by atoms with Crippen molar-refractivity contribution in [1.29, 1.82) is 0 Å². The molecule has 1 amide bonds. The molecule has 0 saturated heterocycles. The Morgan fingerprint density at radius 1 is 1.33 bits per heavy atom. The molecule has 0 fully saturated rings. The van der Waals surface area contributed by atoms with Crippen LogP contribution in [0.5, 0.6) is 0 Å². The summed E-state index contributed by atoms with van der Waals surface area (Å²) in [5.74, 6) is -0.386. The van der Waals surface area contributed by atoms with E-state index in [0.717, 1.165) is 5.56 Å². The zero-order valence-electron chi connectivity index (χ0n) is 12.1. The van der Waals surface area contributed by atoms with Crippen LogP contribution in [0.4, 0.5) is 4.39 Å². The van der Waals surface area contributed by atoms with Crippen LogP contribution in [-0.2, 0) is 11.8 Å². The number of benzene rings is 1. The number of hydrogen-bond donors (Lipinski definition) is 1. The minimum Gasteiger partial charge on any atom is -0.349 e. The summed E-state index contributed by atoms with van der Waals surface area (Å²) >= 11 is 1.34. The summed E-state index contributed by atoms with van der Waals surface area (Å²) in [6, 6.07) is 5.92. The van der Waals surface area contributed by atoms with Crippen molar-refractivity contribution in [2.45, 2.75) is 30.3 Å². The third-order valence-corrected chi connectivity index (χ3v) is 4.20. The predicted octanol–water partition coefficient (Wildman–Crippen LogP) is 2.31. The second-order valence-corrected chi connectivity index (χ2v) is 6.07. The lowest BCUT2D eigenvalue weighted by Crippen LogP contribution is -2.33. The summed E-state index contributed by atoms with van der Waals surface area (Å²) < 4.78 is 14.6. The zero-order chi connectivity index (χ0) is 15.4. The topological polar surface area (TPSA) is 59.8 Å². The molecule has 0 aliphatic rings. The van der Waals surface area contributed by atoms with E-state index in [1.54, 1.807) is 23.0 Å². The molecule has 5 nitrogen and oxygen atoms in total. The van der Waals surface area contributed by atoms with Crippen molar-refractivity contribution in [3.05, 3.63) is 42.0 Å². The fourth-order valence-corrected chi connectivity index (χ4v) is 2.56. The van der Waals surface area contributed by atoms with Crippen LogP contribution in [0, 0.1) is 5.82 Å². The van der Waals surface area contributed by atoms with Gasteiger partial charge in [0.25, 0.3) is 0 Å². The minimum atomic E-state index is -0.296. The largest absolute Gasteiger partial charge is 0.349 e. The van der Waals surface area contributed by atoms with E-state index >= 15 is 0 Å². The van der Waals surface area contributed by atoms with Crippen LogP contribution >= 0.6 is 11.8 Å². The first-order chi connectivity index (χ1) is 9.97. The highest BCUT2D eigenvalue weighted by molar-refractivity contribution is 8.00. The van der Waals surface area contributed by atoms with Crippen LogP contribution < -0.4 is 5.32 Å². The molecule has 112 valence electrons. The lowest BCUT2D eigenvalue weighted by atomic mass is 10.1. The summed E-state index contributed by atoms with van der Waals surface area (Å²) in [5.41, 5.74) is 0.862. The van der Waals surface area contributed by atoms with E-state index in [1.165, 1.54) is 23.9 Å². The Morgan fingerprint density at radius 2 is 2.00 bits per heavy atom. The number of carbonyl (C=O) groups excluding carboxylic acids is 1. The van der Waals surface area contributed by atoms with Crippen molar-refractivity contribution < 1.29 is 9.18 Å². The van der Waals surface area contributed by atoms with Crippen molar-refractivity contribution in [3.8, 4) is 0 Å². The Bertz CT molecular complexity index is 614. The van der Waals surface area contributed by atoms with Crippen LogP contribution in [0.15, 0.2) is 35.7 Å². The molecule has 0 aliphatic carbocycles. The lowest BCUT2D eigenvalue weighted by Gasteiger charge is -2.17. The minimum absolute atomic E-state index is 0.0974. The predicted molar refractivity (Wildman–Crippen MR) is 79.3 cm³/mol. The molecule has 0 aliphatic heterocycles. The van der Waals surface area contributed by atoms with Crippen molar-refractivity contribution in [3.63, 3.8) is 0 Å². The SMILES string of the molecule is C[C@H](Sc1nncn1C)C(=O)N[C@@H](C)c1ccc(F)cc1. The van der Waals surface area contributed by atoms with E-state index in [-0.39, 0.29) is 23.0 Å². The van der Waals surface area contributed by atoms with Crippen LogP contribution in [0.3, 0.4) is 0 Å². The van der Waals surface area contributed by atoms with Crippen LogP contribution in [0.1, 0.15) is 25.5 Å². The van der Waals surface area contributed by atoms with Gasteiger partial charge in [-0.3, -0.25) is 4.79 Å². The zero-order valence-corrected chi connectivity index (χ0v) is 12.9. The maximum Gasteiger partial charge on any atom is 0.233 e. The monoisotopic (exact) mass is 308 g/mol. The molecule has 2 atom stereocenters. The molecule has 1 aromatic heterocycles. The van der Waals surface area contributed by atoms with E-state index in [2.05, 4.69) is 15.5 Å². The first-order valence-corrected chi connectivity index (χ1v) is 7.42. The van der Waals surface area contributed by atoms with E-state index in [1.807, 2.05) is 20.9 Å². The molecule has 0 spiro atoms. The Hall–Kier alpha value is -1.89. The first kappa shape index (κ1) is 15.5. The number of aryl methyl sites for hydroxylation is 1. The van der Waals surface area contributed by atoms with E-state index in [4.69, 9.17) is 0 Å². The number of rotatable bonds is 5. The summed E-state index contributed by atoms with van der Waals surface area (Å²) in [6.07, 6.45) is 1.59. The number of nitrogens with one attached hydrogen (secondary N) is 1. The van der Waals surface area contributed by atoms with Crippen LogP contribution in [0.2, 0.25) is 0 Å². The molecule has 2 rings (SSSR count). The molecular formula is C14H17FN4OS. The Morgan fingerprint density at radius 3 is 2.57 bits per heavy atom. The van der Waals surface area contributed by atoms with E-state index in [9.17, 15) is 9.18 Å². The standard InChI is InChI=1S/C14H17FN4OS/c1-9(11-4-6-12(15)7-5-11)17-13(20)10(2)21-14-18-16-8-19(14)3/h4-10H,1-3H3,(H,17,20)/t9-,10-/m0/s1. The summed E-state index contributed by atoms with van der Waals surface area (Å²) in [4.78, 5) is 12.2. The first-order valence-electron chi connectivity index (χ1n) is 6.54. The number of halogens is 1. The van der Waals surface area contributed by atoms with Crippen molar-refractivity contribution >= 4 is 17.7 Å². The normalized spacial score (nSPS) is 13.7. The highest BCUT2D eigenvalue weighted by Crippen LogP contribution is 2.21. The van der Waals surface area contributed by atoms with Gasteiger partial charge in [0.15, 0.2) is 5.16 Å². The molecule has 1 N–H and O–H groups in total. The number of hydrogen-bond acceptors (Lipinski definition) is 4. The van der Waals surface area contributed by atoms with Gasteiger partial charge in [0, 0.05) is 7.05 Å². The second-order valence-electron chi connectivity index (χ2n) is 4.77. The fourth-order valence-electron chi connectivity index (χ4n) is 1.76. The smallest absolute Gasteiger partial charge is 0.233 e. The van der Waals surface area contributed by atoms with Gasteiger partial charge in [-0.15, -0.1) is 10.2 Å². The molecule has 0 saturated carbocycles. The number of nitrogens with zero attached hydrogens (tertiary/aromatic N) is 3. The molecule has 0 unspecified atom stereocenters. The molecule has 0 bridgehead atoms. The lowest BCUT2D eigenvalue weighted by molar-refractivity contribution is -0.120. The number of amides is 1. The van der Waals surface area contributed by atoms with Gasteiger partial charge >= 0.3 is 0 Å². The maximum atomic E-state index is 12.9. The molecular weight excluding hydrogens is 291 g/mol. The molecule has 2 aromatic rings. The summed E-state index contributed by atoms with van der Waals surface area (Å²) in [7, 11) is 1.83. The van der Waals surface area contributed by atoms with Gasteiger partial charge < -0.3 is 9.88 Å². The average molecular weight is 308 g/mol. The van der Waals surface area contributed by atoms with Crippen LogP contribution in [0.25, 0.3) is 0 Å². The van der Waals surface area contributed by atoms with Crippen molar-refractivity contribution in [2.75, 3.05) is 0 Å². The quantitative estimate of drug-likeness (QED) is 0.861. The van der Waals surface area contributed by atoms with Gasteiger partial charge in [0.05, 0.1) is 11.3 Å². The van der Waals surface area contributed by atoms with Crippen molar-refractivity contribution in [1.82, 2.24) is 20.1 Å². The van der Waals surface area contributed by atoms with Gasteiger partial charge in [-0.25, -0.2) is 4.39 Å². The molecule has 0 radical (unpaired) electrons. The number of aromatic nitrogens is 3. The highest BCUT2D eigenvalue weighted by atomic mass is 32.2. The average Bonchev–Trinajstić information content (AvgIpc) is 2.84. The van der Waals surface area contributed by atoms with E-state index in [0.29, 0.717) is 5.16 Å². The summed E-state index contributed by atoms with van der Waals surface area (Å²) in [5, 5.41) is 11.0. The van der Waals surface area contributed by atoms with Crippen LogP contribution in [-0.4, -0.2) is 25.9 Å². The van der Waals surface area contributed by atoms with Gasteiger partial charge in [-0.2, -0.15) is 0 Å². The Labute approximate surface area is 127 Å². The molecule has 21 heavy (non-hydrogen) atoms. The molecule has 7 heteroatoms. The fraction of sp³-hybridized carbons (Fsp3) is 0.357. The van der Waals surface area contributed by atoms with E-state index < -0.39 is 0 Å². The molecule has 1 heterocycles. The third-order valence-electron chi connectivity index (χ3n) is 3.05. The Balaban J connectivity index is 1.94. The second kappa shape index (κ2) is 6.71. The third kappa shape index (κ3) is 4.04. The number of thioether (sulfide) groups is 1. The van der Waals surface area contributed by atoms with Gasteiger partial charge in [0.1, 0.15) is 12.1 Å². The van der Waals surface area contributed by atoms with Gasteiger partial charge in [-0.05, 0) is 31.5 Å². The summed E-state index contributed by atoms with van der Waals surface area (Å²) in [6.45, 7) is 3.68. The molecule has 1 aromatic carbocycles. The van der Waals surface area contributed by atoms with Crippen molar-refractivity contribution in [2.24, 2.45) is 7.05 Å². The Kier molecular flexibility index (Phi) is 4.95. The maximum absolute atomic E-state index is 12.9. The van der Waals surface area contributed by atoms with Gasteiger partial charge in [0.2, 0.25) is 5.91 Å². The van der Waals surface area contributed by atoms with Gasteiger partial charge in [-0.1, -0.05) is 23.9 Å².